The number of nitrogens with zero attached hydrogens (tertiary/aromatic N) is 2. The number of amides is 1. The molecule has 0 saturated heterocycles. The Bertz CT molecular complexity index is 997. The van der Waals surface area contributed by atoms with Gasteiger partial charge in [0.25, 0.3) is 11.6 Å². The van der Waals surface area contributed by atoms with Crippen LogP contribution in [0.15, 0.2) is 53.6 Å². The van der Waals surface area contributed by atoms with Gasteiger partial charge in [0.2, 0.25) is 0 Å². The lowest BCUT2D eigenvalue weighted by atomic mass is 10.2. The number of para-hydroxylation sites is 1. The van der Waals surface area contributed by atoms with E-state index in [-0.39, 0.29) is 11.6 Å². The Balaban J connectivity index is 1.74. The van der Waals surface area contributed by atoms with E-state index >= 15 is 0 Å². The van der Waals surface area contributed by atoms with E-state index in [0.717, 1.165) is 10.3 Å². The summed E-state index contributed by atoms with van der Waals surface area (Å²) in [5, 5.41) is 15.5. The van der Waals surface area contributed by atoms with Gasteiger partial charge >= 0.3 is 0 Å². The van der Waals surface area contributed by atoms with Crippen LogP contribution in [-0.4, -0.2) is 23.7 Å². The van der Waals surface area contributed by atoms with E-state index in [4.69, 9.17) is 4.74 Å². The van der Waals surface area contributed by atoms with E-state index in [1.54, 1.807) is 12.1 Å². The molecule has 0 aliphatic heterocycles. The number of hydrogen-bond donors (Lipinski definition) is 1. The van der Waals surface area contributed by atoms with Gasteiger partial charge in [-0.3, -0.25) is 14.9 Å². The van der Waals surface area contributed by atoms with Crippen LogP contribution in [0.4, 0.5) is 5.69 Å². The van der Waals surface area contributed by atoms with Crippen LogP contribution in [0.25, 0.3) is 10.1 Å². The highest BCUT2D eigenvalue weighted by Crippen LogP contribution is 2.28. The summed E-state index contributed by atoms with van der Waals surface area (Å²) in [6.07, 6.45) is 1.51. The van der Waals surface area contributed by atoms with Gasteiger partial charge in [0, 0.05) is 27.8 Å². The standard InChI is InChI=1S/C18H15N3O4S/c1-2-25-15-6-4-3-5-12(15)11-19-20-18(22)17-10-13-9-14(21(23)24)7-8-16(13)26-17/h3-11H,2H2,1H3,(H,20,22)/b19-11-. The number of non-ortho nitro benzene ring substituents is 1. The molecule has 1 N–H and O–H groups in total. The molecule has 0 aliphatic carbocycles. The number of fused-ring (bicyclic) bond motifs is 1. The van der Waals surface area contributed by atoms with Gasteiger partial charge in [-0.05, 0) is 31.2 Å². The van der Waals surface area contributed by atoms with Crippen LogP contribution >= 0.6 is 11.3 Å². The van der Waals surface area contributed by atoms with Gasteiger partial charge in [-0.1, -0.05) is 12.1 Å². The average Bonchev–Trinajstić information content (AvgIpc) is 3.06. The smallest absolute Gasteiger partial charge is 0.281 e. The lowest BCUT2D eigenvalue weighted by Gasteiger charge is -2.05. The summed E-state index contributed by atoms with van der Waals surface area (Å²) in [6.45, 7) is 2.42. The molecule has 0 radical (unpaired) electrons. The van der Waals surface area contributed by atoms with Crippen LogP contribution in [0.3, 0.4) is 0 Å². The minimum atomic E-state index is -0.461. The van der Waals surface area contributed by atoms with Crippen LogP contribution in [0.1, 0.15) is 22.2 Å². The van der Waals surface area contributed by atoms with Crippen LogP contribution in [0, 0.1) is 10.1 Å². The van der Waals surface area contributed by atoms with Crippen molar-refractivity contribution in [2.75, 3.05) is 6.61 Å². The summed E-state index contributed by atoms with van der Waals surface area (Å²) in [5.41, 5.74) is 3.21. The maximum atomic E-state index is 12.3. The lowest BCUT2D eigenvalue weighted by molar-refractivity contribution is -0.384. The highest BCUT2D eigenvalue weighted by Gasteiger charge is 2.13. The molecule has 3 rings (SSSR count). The molecule has 0 unspecified atom stereocenters. The molecular formula is C18H15N3O4S. The molecule has 1 amide bonds. The average molecular weight is 369 g/mol. The van der Waals surface area contributed by atoms with Crippen molar-refractivity contribution >= 4 is 39.2 Å². The van der Waals surface area contributed by atoms with Gasteiger partial charge in [0.15, 0.2) is 0 Å². The Morgan fingerprint density at radius 2 is 2.12 bits per heavy atom. The number of rotatable bonds is 6. The third-order valence-electron chi connectivity index (χ3n) is 3.52. The first-order valence-electron chi connectivity index (χ1n) is 7.81. The number of benzene rings is 2. The lowest BCUT2D eigenvalue weighted by Crippen LogP contribution is -2.16. The van der Waals surface area contributed by atoms with Crippen LogP contribution in [-0.2, 0) is 0 Å². The molecule has 1 aromatic heterocycles. The second-order valence-electron chi connectivity index (χ2n) is 5.26. The fraction of sp³-hybridized carbons (Fsp3) is 0.111. The minimum Gasteiger partial charge on any atom is -0.493 e. The summed E-state index contributed by atoms with van der Waals surface area (Å²) >= 11 is 1.25. The number of nitro groups is 1. The number of ether oxygens (including phenoxy) is 1. The molecule has 132 valence electrons. The number of hydrazone groups is 1. The van der Waals surface area contributed by atoms with Gasteiger partial charge < -0.3 is 4.74 Å². The second kappa shape index (κ2) is 7.75. The number of nitrogens with one attached hydrogen (secondary N) is 1. The van der Waals surface area contributed by atoms with Crippen LogP contribution in [0.2, 0.25) is 0 Å². The summed E-state index contributed by atoms with van der Waals surface area (Å²) in [5.74, 6) is 0.307. The molecule has 0 fully saturated rings. The van der Waals surface area contributed by atoms with Crippen molar-refractivity contribution < 1.29 is 14.5 Å². The number of carbonyl (C=O) groups is 1. The van der Waals surface area contributed by atoms with E-state index in [9.17, 15) is 14.9 Å². The quantitative estimate of drug-likeness (QED) is 0.404. The molecule has 0 spiro atoms. The first-order valence-corrected chi connectivity index (χ1v) is 8.63. The largest absolute Gasteiger partial charge is 0.493 e. The highest BCUT2D eigenvalue weighted by atomic mass is 32.1. The fourth-order valence-corrected chi connectivity index (χ4v) is 3.28. The Hall–Kier alpha value is -3.26. The Morgan fingerprint density at radius 3 is 2.88 bits per heavy atom. The summed E-state index contributed by atoms with van der Waals surface area (Å²) in [4.78, 5) is 23.1. The third kappa shape index (κ3) is 3.86. The predicted molar refractivity (Wildman–Crippen MR) is 101 cm³/mol. The van der Waals surface area contributed by atoms with Gasteiger partial charge in [0.1, 0.15) is 5.75 Å². The molecule has 0 aliphatic rings. The Labute approximate surface area is 153 Å². The van der Waals surface area contributed by atoms with Crippen LogP contribution in [0.5, 0.6) is 5.75 Å². The fourth-order valence-electron chi connectivity index (χ4n) is 2.35. The highest BCUT2D eigenvalue weighted by molar-refractivity contribution is 7.20. The van der Waals surface area contributed by atoms with Crippen molar-refractivity contribution in [3.63, 3.8) is 0 Å². The van der Waals surface area contributed by atoms with E-state index in [1.165, 1.54) is 29.7 Å². The van der Waals surface area contributed by atoms with Crippen molar-refractivity contribution in [1.82, 2.24) is 5.43 Å². The zero-order valence-electron chi connectivity index (χ0n) is 13.8. The van der Waals surface area contributed by atoms with E-state index in [2.05, 4.69) is 10.5 Å². The second-order valence-corrected chi connectivity index (χ2v) is 6.34. The molecule has 8 heteroatoms. The van der Waals surface area contributed by atoms with Gasteiger partial charge in [-0.15, -0.1) is 11.3 Å². The van der Waals surface area contributed by atoms with E-state index in [0.29, 0.717) is 22.6 Å². The Kier molecular flexibility index (Phi) is 5.23. The number of nitro benzene ring substituents is 1. The van der Waals surface area contributed by atoms with Gasteiger partial charge in [-0.2, -0.15) is 5.10 Å². The SMILES string of the molecule is CCOc1ccccc1/C=N\NC(=O)c1cc2cc([N+](=O)[O-])ccc2s1. The van der Waals surface area contributed by atoms with Crippen molar-refractivity contribution in [3.8, 4) is 5.75 Å². The first-order chi connectivity index (χ1) is 12.6. The summed E-state index contributed by atoms with van der Waals surface area (Å²) in [6, 6.07) is 13.5. The Morgan fingerprint density at radius 1 is 1.31 bits per heavy atom. The van der Waals surface area contributed by atoms with Gasteiger partial charge in [0.05, 0.1) is 22.6 Å². The maximum Gasteiger partial charge on any atom is 0.281 e. The molecular weight excluding hydrogens is 354 g/mol. The maximum absolute atomic E-state index is 12.3. The molecule has 0 atom stereocenters. The van der Waals surface area contributed by atoms with Crippen LogP contribution < -0.4 is 10.2 Å². The van der Waals surface area contributed by atoms with E-state index < -0.39 is 4.92 Å². The zero-order valence-corrected chi connectivity index (χ0v) is 14.7. The molecule has 0 saturated carbocycles. The summed E-state index contributed by atoms with van der Waals surface area (Å²) < 4.78 is 6.29. The molecule has 0 bridgehead atoms. The normalized spacial score (nSPS) is 11.0. The topological polar surface area (TPSA) is 93.8 Å². The predicted octanol–water partition coefficient (Wildman–Crippen LogP) is 3.97. The van der Waals surface area contributed by atoms with Crippen molar-refractivity contribution in [3.05, 3.63) is 69.1 Å². The number of carbonyl (C=O) groups excluding carboxylic acids is 1. The van der Waals surface area contributed by atoms with Gasteiger partial charge in [-0.25, -0.2) is 5.43 Å². The molecule has 26 heavy (non-hydrogen) atoms. The first kappa shape index (κ1) is 17.6. The molecule has 3 aromatic rings. The number of hydrogen-bond acceptors (Lipinski definition) is 6. The van der Waals surface area contributed by atoms with Crippen molar-refractivity contribution in [2.45, 2.75) is 6.92 Å². The van der Waals surface area contributed by atoms with E-state index in [1.807, 2.05) is 31.2 Å². The molecule has 1 heterocycles. The molecule has 2 aromatic carbocycles. The van der Waals surface area contributed by atoms with Crippen molar-refractivity contribution in [1.29, 1.82) is 0 Å². The summed E-state index contributed by atoms with van der Waals surface area (Å²) in [7, 11) is 0. The monoisotopic (exact) mass is 369 g/mol. The zero-order chi connectivity index (χ0) is 18.5. The minimum absolute atomic E-state index is 0.00666. The molecule has 7 nitrogen and oxygen atoms in total. The third-order valence-corrected chi connectivity index (χ3v) is 4.64. The van der Waals surface area contributed by atoms with Crippen molar-refractivity contribution in [2.24, 2.45) is 5.10 Å². The number of thiophene rings is 1.